The standard InChI is InChI=1S/C9H17BrFNO2S/c1-2-15(13,14)12-6-4-3-5-8-7-9(8,10)11/h8,12H,2-7H2,1H3. The molecule has 1 saturated carbocycles. The molecule has 15 heavy (non-hydrogen) atoms. The van der Waals surface area contributed by atoms with Crippen molar-refractivity contribution in [2.75, 3.05) is 12.3 Å². The molecule has 0 radical (unpaired) electrons. The lowest BCUT2D eigenvalue weighted by Crippen LogP contribution is -2.26. The average Bonchev–Trinajstić information content (AvgIpc) is 2.73. The van der Waals surface area contributed by atoms with Crippen LogP contribution >= 0.6 is 15.9 Å². The summed E-state index contributed by atoms with van der Waals surface area (Å²) in [7, 11) is -3.06. The Kier molecular flexibility index (Phi) is 4.55. The van der Waals surface area contributed by atoms with Crippen LogP contribution in [0, 0.1) is 5.92 Å². The van der Waals surface area contributed by atoms with E-state index in [-0.39, 0.29) is 11.7 Å². The van der Waals surface area contributed by atoms with Crippen molar-refractivity contribution in [2.24, 2.45) is 5.92 Å². The van der Waals surface area contributed by atoms with Crippen molar-refractivity contribution in [1.29, 1.82) is 0 Å². The highest BCUT2D eigenvalue weighted by Crippen LogP contribution is 2.54. The summed E-state index contributed by atoms with van der Waals surface area (Å²) < 4.78 is 36.4. The molecule has 1 N–H and O–H groups in total. The fourth-order valence-corrected chi connectivity index (χ4v) is 2.71. The molecule has 0 spiro atoms. The van der Waals surface area contributed by atoms with Gasteiger partial charge in [-0.25, -0.2) is 17.5 Å². The number of sulfonamides is 1. The third-order valence-electron chi connectivity index (χ3n) is 2.64. The Morgan fingerprint density at radius 1 is 1.53 bits per heavy atom. The van der Waals surface area contributed by atoms with Crippen LogP contribution in [0.5, 0.6) is 0 Å². The van der Waals surface area contributed by atoms with Crippen LogP contribution in [0.1, 0.15) is 32.6 Å². The topological polar surface area (TPSA) is 46.2 Å². The molecule has 1 aliphatic rings. The lowest BCUT2D eigenvalue weighted by molar-refractivity contribution is 0.401. The molecule has 0 amide bonds. The molecular formula is C9H17BrFNO2S. The zero-order chi connectivity index (χ0) is 11.5. The van der Waals surface area contributed by atoms with Crippen LogP contribution in [-0.2, 0) is 10.0 Å². The van der Waals surface area contributed by atoms with E-state index in [1.54, 1.807) is 6.92 Å². The molecule has 1 rings (SSSR count). The van der Waals surface area contributed by atoms with E-state index in [1.807, 2.05) is 0 Å². The SMILES string of the molecule is CCS(=O)(=O)NCCCCC1CC1(F)Br. The Balaban J connectivity index is 1.99. The first-order chi connectivity index (χ1) is 6.87. The number of halogens is 2. The smallest absolute Gasteiger partial charge is 0.211 e. The lowest BCUT2D eigenvalue weighted by atomic mass is 10.2. The van der Waals surface area contributed by atoms with Crippen LogP contribution in [0.25, 0.3) is 0 Å². The number of unbranched alkanes of at least 4 members (excludes halogenated alkanes) is 1. The van der Waals surface area contributed by atoms with E-state index in [2.05, 4.69) is 20.7 Å². The summed E-state index contributed by atoms with van der Waals surface area (Å²) in [4.78, 5) is 0. The Morgan fingerprint density at radius 2 is 2.13 bits per heavy atom. The van der Waals surface area contributed by atoms with Gasteiger partial charge in [-0.05, 0) is 42.1 Å². The molecular weight excluding hydrogens is 285 g/mol. The van der Waals surface area contributed by atoms with Gasteiger partial charge in [-0.2, -0.15) is 0 Å². The summed E-state index contributed by atoms with van der Waals surface area (Å²) in [6, 6.07) is 0. The average molecular weight is 302 g/mol. The van der Waals surface area contributed by atoms with Crippen molar-refractivity contribution < 1.29 is 12.8 Å². The quantitative estimate of drug-likeness (QED) is 0.579. The molecule has 1 fully saturated rings. The van der Waals surface area contributed by atoms with Gasteiger partial charge in [0.05, 0.1) is 5.75 Å². The first-order valence-electron chi connectivity index (χ1n) is 5.22. The van der Waals surface area contributed by atoms with Crippen LogP contribution in [0.15, 0.2) is 0 Å². The molecule has 2 unspecified atom stereocenters. The van der Waals surface area contributed by atoms with E-state index < -0.39 is 14.6 Å². The molecule has 3 nitrogen and oxygen atoms in total. The van der Waals surface area contributed by atoms with Gasteiger partial charge < -0.3 is 0 Å². The molecule has 1 aliphatic carbocycles. The number of nitrogens with one attached hydrogen (secondary N) is 1. The second-order valence-electron chi connectivity index (χ2n) is 3.96. The van der Waals surface area contributed by atoms with Crippen molar-refractivity contribution >= 4 is 26.0 Å². The van der Waals surface area contributed by atoms with E-state index in [1.165, 1.54) is 0 Å². The van der Waals surface area contributed by atoms with Gasteiger partial charge in [-0.3, -0.25) is 0 Å². The summed E-state index contributed by atoms with van der Waals surface area (Å²) in [5, 5.41) is 0. The summed E-state index contributed by atoms with van der Waals surface area (Å²) in [6.07, 6.45) is 3.07. The zero-order valence-electron chi connectivity index (χ0n) is 8.80. The third kappa shape index (κ3) is 4.78. The fourth-order valence-electron chi connectivity index (χ4n) is 1.43. The second kappa shape index (κ2) is 5.10. The van der Waals surface area contributed by atoms with Crippen LogP contribution in [0.2, 0.25) is 0 Å². The molecule has 0 aromatic heterocycles. The summed E-state index contributed by atoms with van der Waals surface area (Å²) in [5.41, 5.74) is 0. The van der Waals surface area contributed by atoms with Crippen LogP contribution in [0.4, 0.5) is 4.39 Å². The fraction of sp³-hybridized carbons (Fsp3) is 1.00. The van der Waals surface area contributed by atoms with Gasteiger partial charge in [0.2, 0.25) is 10.0 Å². The Labute approximate surface area is 99.0 Å². The number of alkyl halides is 2. The van der Waals surface area contributed by atoms with Gasteiger partial charge in [-0.15, -0.1) is 0 Å². The molecule has 0 heterocycles. The highest BCUT2D eigenvalue weighted by atomic mass is 79.9. The van der Waals surface area contributed by atoms with Crippen molar-refractivity contribution in [2.45, 2.75) is 37.2 Å². The third-order valence-corrected chi connectivity index (χ3v) is 5.01. The van der Waals surface area contributed by atoms with Crippen molar-refractivity contribution in [3.63, 3.8) is 0 Å². The molecule has 6 heteroatoms. The maximum Gasteiger partial charge on any atom is 0.211 e. The molecule has 0 aliphatic heterocycles. The summed E-state index contributed by atoms with van der Waals surface area (Å²) in [5.74, 6) is 0.241. The highest BCUT2D eigenvalue weighted by Gasteiger charge is 2.52. The van der Waals surface area contributed by atoms with Gasteiger partial charge in [0, 0.05) is 12.5 Å². The van der Waals surface area contributed by atoms with Crippen molar-refractivity contribution in [3.05, 3.63) is 0 Å². The summed E-state index contributed by atoms with van der Waals surface area (Å²) >= 11 is 2.99. The molecule has 0 saturated heterocycles. The van der Waals surface area contributed by atoms with E-state index in [0.29, 0.717) is 13.0 Å². The highest BCUT2D eigenvalue weighted by molar-refractivity contribution is 9.10. The van der Waals surface area contributed by atoms with E-state index in [9.17, 15) is 12.8 Å². The van der Waals surface area contributed by atoms with Gasteiger partial charge in [0.1, 0.15) is 0 Å². The number of hydrogen-bond acceptors (Lipinski definition) is 2. The lowest BCUT2D eigenvalue weighted by Gasteiger charge is -2.04. The predicted molar refractivity (Wildman–Crippen MR) is 62.2 cm³/mol. The minimum Gasteiger partial charge on any atom is -0.231 e. The Hall–Kier alpha value is 0.320. The van der Waals surface area contributed by atoms with Crippen molar-refractivity contribution in [3.8, 4) is 0 Å². The maximum absolute atomic E-state index is 13.0. The van der Waals surface area contributed by atoms with E-state index in [0.717, 1.165) is 19.3 Å². The Morgan fingerprint density at radius 3 is 2.60 bits per heavy atom. The zero-order valence-corrected chi connectivity index (χ0v) is 11.2. The maximum atomic E-state index is 13.0. The first-order valence-corrected chi connectivity index (χ1v) is 7.67. The van der Waals surface area contributed by atoms with Gasteiger partial charge in [0.15, 0.2) is 4.58 Å². The van der Waals surface area contributed by atoms with Gasteiger partial charge in [0.25, 0.3) is 0 Å². The largest absolute Gasteiger partial charge is 0.231 e. The Bertz CT molecular complexity index is 305. The van der Waals surface area contributed by atoms with Crippen LogP contribution < -0.4 is 4.72 Å². The minimum absolute atomic E-state index is 0.116. The van der Waals surface area contributed by atoms with Crippen molar-refractivity contribution in [1.82, 2.24) is 4.72 Å². The van der Waals surface area contributed by atoms with E-state index >= 15 is 0 Å². The first kappa shape index (κ1) is 13.4. The van der Waals surface area contributed by atoms with Crippen LogP contribution in [-0.4, -0.2) is 25.3 Å². The van der Waals surface area contributed by atoms with Crippen LogP contribution in [0.3, 0.4) is 0 Å². The van der Waals surface area contributed by atoms with Gasteiger partial charge >= 0.3 is 0 Å². The second-order valence-corrected chi connectivity index (χ2v) is 7.37. The molecule has 2 atom stereocenters. The van der Waals surface area contributed by atoms with E-state index in [4.69, 9.17) is 0 Å². The monoisotopic (exact) mass is 301 g/mol. The predicted octanol–water partition coefficient (Wildman–Crippen LogP) is 2.18. The minimum atomic E-state index is -3.06. The normalized spacial score (nSPS) is 30.5. The van der Waals surface area contributed by atoms with Gasteiger partial charge in [-0.1, -0.05) is 6.42 Å². The molecule has 0 aromatic rings. The molecule has 0 bridgehead atoms. The number of hydrogen-bond donors (Lipinski definition) is 1. The molecule has 0 aromatic carbocycles. The number of rotatable bonds is 7. The summed E-state index contributed by atoms with van der Waals surface area (Å²) in [6.45, 7) is 2.07. The molecule has 90 valence electrons.